The molecule has 1 atom stereocenters. The number of pyridine rings is 1. The molecule has 0 spiro atoms. The number of amides is 2. The minimum absolute atomic E-state index is 0.0193. The van der Waals surface area contributed by atoms with E-state index in [0.29, 0.717) is 6.54 Å². The highest BCUT2D eigenvalue weighted by atomic mass is 16.2. The maximum atomic E-state index is 12.4. The van der Waals surface area contributed by atoms with Gasteiger partial charge in [0.2, 0.25) is 11.8 Å². The van der Waals surface area contributed by atoms with Crippen molar-refractivity contribution < 1.29 is 9.59 Å². The lowest BCUT2D eigenvalue weighted by Gasteiger charge is -2.31. The predicted octanol–water partition coefficient (Wildman–Crippen LogP) is 2.43. The van der Waals surface area contributed by atoms with Crippen LogP contribution in [0.15, 0.2) is 36.5 Å². The molecule has 22 heavy (non-hydrogen) atoms. The molecule has 2 aromatic rings. The lowest BCUT2D eigenvalue weighted by atomic mass is 9.97. The first-order valence-corrected chi connectivity index (χ1v) is 7.54. The molecule has 5 heteroatoms. The minimum atomic E-state index is -0.137. The second-order valence-corrected chi connectivity index (χ2v) is 5.70. The zero-order valence-electron chi connectivity index (χ0n) is 12.6. The van der Waals surface area contributed by atoms with Crippen molar-refractivity contribution in [1.82, 2.24) is 9.88 Å². The molecule has 1 aliphatic heterocycles. The second kappa shape index (κ2) is 6.13. The van der Waals surface area contributed by atoms with Gasteiger partial charge in [0, 0.05) is 37.3 Å². The van der Waals surface area contributed by atoms with E-state index in [-0.39, 0.29) is 17.7 Å². The molecule has 2 amide bonds. The number of hydrogen-bond donors (Lipinski definition) is 1. The fourth-order valence-corrected chi connectivity index (χ4v) is 2.87. The van der Waals surface area contributed by atoms with Crippen LogP contribution in [0.3, 0.4) is 0 Å². The first-order valence-electron chi connectivity index (χ1n) is 7.54. The van der Waals surface area contributed by atoms with Crippen LogP contribution in [0.1, 0.15) is 19.8 Å². The molecule has 1 aromatic heterocycles. The number of piperidine rings is 1. The van der Waals surface area contributed by atoms with Crippen molar-refractivity contribution in [2.45, 2.75) is 19.8 Å². The zero-order valence-corrected chi connectivity index (χ0v) is 12.6. The first kappa shape index (κ1) is 14.5. The number of nitrogens with zero attached hydrogens (tertiary/aromatic N) is 2. The van der Waals surface area contributed by atoms with Gasteiger partial charge >= 0.3 is 0 Å². The van der Waals surface area contributed by atoms with Gasteiger partial charge in [-0.25, -0.2) is 0 Å². The van der Waals surface area contributed by atoms with Crippen LogP contribution >= 0.6 is 0 Å². The Labute approximate surface area is 129 Å². The highest BCUT2D eigenvalue weighted by molar-refractivity contribution is 5.95. The molecule has 1 aliphatic rings. The van der Waals surface area contributed by atoms with Crippen molar-refractivity contribution in [3.8, 4) is 0 Å². The van der Waals surface area contributed by atoms with Crippen molar-refractivity contribution in [2.24, 2.45) is 5.92 Å². The Morgan fingerprint density at radius 1 is 1.32 bits per heavy atom. The molecule has 0 aliphatic carbocycles. The van der Waals surface area contributed by atoms with Gasteiger partial charge in [-0.15, -0.1) is 0 Å². The molecule has 0 saturated carbocycles. The van der Waals surface area contributed by atoms with Gasteiger partial charge in [-0.3, -0.25) is 14.6 Å². The normalized spacial score (nSPS) is 18.2. The number of benzene rings is 1. The fraction of sp³-hybridized carbons (Fsp3) is 0.353. The Hall–Kier alpha value is -2.43. The molecule has 1 fully saturated rings. The Balaban J connectivity index is 1.71. The topological polar surface area (TPSA) is 62.3 Å². The summed E-state index contributed by atoms with van der Waals surface area (Å²) in [6.45, 7) is 2.81. The van der Waals surface area contributed by atoms with Gasteiger partial charge in [-0.05, 0) is 37.1 Å². The fourth-order valence-electron chi connectivity index (χ4n) is 2.87. The van der Waals surface area contributed by atoms with Crippen molar-refractivity contribution >= 4 is 28.4 Å². The lowest BCUT2D eigenvalue weighted by Crippen LogP contribution is -2.42. The summed E-state index contributed by atoms with van der Waals surface area (Å²) in [6.07, 6.45) is 3.45. The maximum Gasteiger partial charge on any atom is 0.229 e. The average molecular weight is 297 g/mol. The van der Waals surface area contributed by atoms with E-state index < -0.39 is 0 Å². The number of fused-ring (bicyclic) bond motifs is 1. The Morgan fingerprint density at radius 3 is 3.00 bits per heavy atom. The molecule has 5 nitrogen and oxygen atoms in total. The number of nitrogens with one attached hydrogen (secondary N) is 1. The van der Waals surface area contributed by atoms with Crippen LogP contribution in [-0.4, -0.2) is 34.8 Å². The van der Waals surface area contributed by atoms with E-state index in [1.807, 2.05) is 30.3 Å². The summed E-state index contributed by atoms with van der Waals surface area (Å²) in [6, 6.07) is 9.52. The standard InChI is InChI=1S/C17H19N3O2/c1-12(21)20-9-3-5-14(11-20)17(22)19-15-6-7-16-13(10-15)4-2-8-18-16/h2,4,6-8,10,14H,3,5,9,11H2,1H3,(H,19,22). The van der Waals surface area contributed by atoms with Gasteiger partial charge in [0.1, 0.15) is 0 Å². The van der Waals surface area contributed by atoms with Crippen LogP contribution in [-0.2, 0) is 9.59 Å². The number of anilines is 1. The maximum absolute atomic E-state index is 12.4. The van der Waals surface area contributed by atoms with Gasteiger partial charge in [0.05, 0.1) is 11.4 Å². The summed E-state index contributed by atoms with van der Waals surface area (Å²) >= 11 is 0. The van der Waals surface area contributed by atoms with Crippen LogP contribution in [0.4, 0.5) is 5.69 Å². The van der Waals surface area contributed by atoms with Crippen LogP contribution in [0.2, 0.25) is 0 Å². The Morgan fingerprint density at radius 2 is 2.18 bits per heavy atom. The quantitative estimate of drug-likeness (QED) is 0.926. The summed E-state index contributed by atoms with van der Waals surface area (Å²) in [5.74, 6) is -0.120. The first-order chi connectivity index (χ1) is 10.6. The second-order valence-electron chi connectivity index (χ2n) is 5.70. The molecule has 1 saturated heterocycles. The molecule has 0 radical (unpaired) electrons. The molecule has 0 bridgehead atoms. The monoisotopic (exact) mass is 297 g/mol. The summed E-state index contributed by atoms with van der Waals surface area (Å²) in [5.41, 5.74) is 1.67. The zero-order chi connectivity index (χ0) is 15.5. The summed E-state index contributed by atoms with van der Waals surface area (Å²) in [4.78, 5) is 29.9. The van der Waals surface area contributed by atoms with Gasteiger partial charge < -0.3 is 10.2 Å². The highest BCUT2D eigenvalue weighted by Gasteiger charge is 2.26. The van der Waals surface area contributed by atoms with Crippen molar-refractivity contribution in [2.75, 3.05) is 18.4 Å². The largest absolute Gasteiger partial charge is 0.342 e. The molecular weight excluding hydrogens is 278 g/mol. The highest BCUT2D eigenvalue weighted by Crippen LogP contribution is 2.21. The number of rotatable bonds is 2. The average Bonchev–Trinajstić information content (AvgIpc) is 2.55. The predicted molar refractivity (Wildman–Crippen MR) is 85.4 cm³/mol. The lowest BCUT2D eigenvalue weighted by molar-refractivity contribution is -0.132. The van der Waals surface area contributed by atoms with E-state index in [1.54, 1.807) is 18.0 Å². The third-order valence-electron chi connectivity index (χ3n) is 4.11. The third kappa shape index (κ3) is 3.08. The summed E-state index contributed by atoms with van der Waals surface area (Å²) < 4.78 is 0. The van der Waals surface area contributed by atoms with Crippen molar-refractivity contribution in [3.05, 3.63) is 36.5 Å². The van der Waals surface area contributed by atoms with E-state index >= 15 is 0 Å². The Bertz CT molecular complexity index is 714. The van der Waals surface area contributed by atoms with Crippen LogP contribution < -0.4 is 5.32 Å². The number of carbonyl (C=O) groups excluding carboxylic acids is 2. The third-order valence-corrected chi connectivity index (χ3v) is 4.11. The van der Waals surface area contributed by atoms with Crippen LogP contribution in [0, 0.1) is 5.92 Å². The Kier molecular flexibility index (Phi) is 4.04. The number of carbonyl (C=O) groups is 2. The smallest absolute Gasteiger partial charge is 0.229 e. The molecule has 114 valence electrons. The number of likely N-dealkylation sites (tertiary alicyclic amines) is 1. The van der Waals surface area contributed by atoms with E-state index in [2.05, 4.69) is 10.3 Å². The number of aromatic nitrogens is 1. The van der Waals surface area contributed by atoms with Gasteiger partial charge in [-0.1, -0.05) is 6.07 Å². The van der Waals surface area contributed by atoms with E-state index in [0.717, 1.165) is 36.0 Å². The van der Waals surface area contributed by atoms with E-state index in [9.17, 15) is 9.59 Å². The van der Waals surface area contributed by atoms with Crippen LogP contribution in [0.5, 0.6) is 0 Å². The van der Waals surface area contributed by atoms with Crippen LogP contribution in [0.25, 0.3) is 10.9 Å². The van der Waals surface area contributed by atoms with Crippen molar-refractivity contribution in [1.29, 1.82) is 0 Å². The molecule has 3 rings (SSSR count). The minimum Gasteiger partial charge on any atom is -0.342 e. The molecule has 1 unspecified atom stereocenters. The van der Waals surface area contributed by atoms with Gasteiger partial charge in [-0.2, -0.15) is 0 Å². The SMILES string of the molecule is CC(=O)N1CCCC(C(=O)Nc2ccc3ncccc3c2)C1. The molecular formula is C17H19N3O2. The number of hydrogen-bond acceptors (Lipinski definition) is 3. The molecule has 2 heterocycles. The van der Waals surface area contributed by atoms with Crippen molar-refractivity contribution in [3.63, 3.8) is 0 Å². The summed E-state index contributed by atoms with van der Waals surface area (Å²) in [7, 11) is 0. The summed E-state index contributed by atoms with van der Waals surface area (Å²) in [5, 5.41) is 3.95. The molecule has 1 aromatic carbocycles. The van der Waals surface area contributed by atoms with Gasteiger partial charge in [0.15, 0.2) is 0 Å². The van der Waals surface area contributed by atoms with Gasteiger partial charge in [0.25, 0.3) is 0 Å². The molecule has 1 N–H and O–H groups in total. The van der Waals surface area contributed by atoms with E-state index in [4.69, 9.17) is 0 Å². The van der Waals surface area contributed by atoms with E-state index in [1.165, 1.54) is 0 Å².